The third-order valence-electron chi connectivity index (χ3n) is 3.56. The lowest BCUT2D eigenvalue weighted by Gasteiger charge is -2.12. The first-order chi connectivity index (χ1) is 13.0. The Balaban J connectivity index is 1.91. The van der Waals surface area contributed by atoms with Crippen LogP contribution in [-0.2, 0) is 0 Å². The van der Waals surface area contributed by atoms with Gasteiger partial charge in [0.15, 0.2) is 0 Å². The molecule has 0 saturated carbocycles. The van der Waals surface area contributed by atoms with Gasteiger partial charge in [-0.15, -0.1) is 0 Å². The van der Waals surface area contributed by atoms with Crippen LogP contribution in [0.2, 0.25) is 5.02 Å². The molecule has 0 spiro atoms. The van der Waals surface area contributed by atoms with E-state index in [0.717, 1.165) is 17.1 Å². The Labute approximate surface area is 162 Å². The quantitative estimate of drug-likeness (QED) is 0.526. The summed E-state index contributed by atoms with van der Waals surface area (Å²) in [5, 5.41) is 6.46. The van der Waals surface area contributed by atoms with Crippen LogP contribution in [0, 0.1) is 13.8 Å². The highest BCUT2D eigenvalue weighted by atomic mass is 35.5. The fourth-order valence-electron chi connectivity index (χ4n) is 2.38. The zero-order chi connectivity index (χ0) is 19.2. The van der Waals surface area contributed by atoms with E-state index in [1.54, 1.807) is 48.5 Å². The number of aliphatic imine (C=N–C) groups is 1. The minimum atomic E-state index is -0.291. The summed E-state index contributed by atoms with van der Waals surface area (Å²) in [6, 6.07) is 17.8. The normalized spacial score (nSPS) is 11.1. The first-order valence-electron chi connectivity index (χ1n) is 8.29. The molecule has 1 heterocycles. The lowest BCUT2D eigenvalue weighted by atomic mass is 10.2. The number of amides is 1. The van der Waals surface area contributed by atoms with Gasteiger partial charge in [-0.05, 0) is 56.3 Å². The Hall–Kier alpha value is -3.25. The number of aryl methyl sites for hydroxylation is 2. The van der Waals surface area contributed by atoms with Crippen LogP contribution in [0.25, 0.3) is 0 Å². The van der Waals surface area contributed by atoms with E-state index >= 15 is 0 Å². The minimum Gasteiger partial charge on any atom is -0.326 e. The number of nitrogens with zero attached hydrogens (tertiary/aromatic N) is 3. The second kappa shape index (κ2) is 8.42. The maximum Gasteiger partial charge on any atom is 0.257 e. The van der Waals surface area contributed by atoms with Gasteiger partial charge in [-0.1, -0.05) is 29.8 Å². The summed E-state index contributed by atoms with van der Waals surface area (Å²) in [7, 11) is 0. The molecule has 6 nitrogen and oxygen atoms in total. The molecular formula is C20H18ClN5O. The number of carbonyl (C=O) groups excluding carboxylic acids is 1. The van der Waals surface area contributed by atoms with Crippen molar-refractivity contribution in [2.24, 2.45) is 4.99 Å². The zero-order valence-electron chi connectivity index (χ0n) is 14.9. The number of halogens is 1. The topological polar surface area (TPSA) is 79.3 Å². The Morgan fingerprint density at radius 1 is 0.963 bits per heavy atom. The number of benzene rings is 2. The molecule has 0 saturated heterocycles. The molecular weight excluding hydrogens is 362 g/mol. The van der Waals surface area contributed by atoms with Crippen LogP contribution >= 0.6 is 11.6 Å². The SMILES string of the molecule is Cc1cc(C)nc(/N=C(/NC(=O)c2ccccc2)Nc2ccc(Cl)cc2)n1. The molecule has 1 amide bonds. The molecule has 0 fully saturated rings. The van der Waals surface area contributed by atoms with Crippen molar-refractivity contribution in [1.29, 1.82) is 0 Å². The first-order valence-corrected chi connectivity index (χ1v) is 8.67. The van der Waals surface area contributed by atoms with Crippen LogP contribution in [-0.4, -0.2) is 21.8 Å². The van der Waals surface area contributed by atoms with Gasteiger partial charge in [0, 0.05) is 27.7 Å². The van der Waals surface area contributed by atoms with Gasteiger partial charge in [0.1, 0.15) is 0 Å². The summed E-state index contributed by atoms with van der Waals surface area (Å²) in [4.78, 5) is 25.5. The van der Waals surface area contributed by atoms with Crippen molar-refractivity contribution in [2.45, 2.75) is 13.8 Å². The third-order valence-corrected chi connectivity index (χ3v) is 3.81. The Bertz CT molecular complexity index is 951. The molecule has 0 radical (unpaired) electrons. The van der Waals surface area contributed by atoms with Crippen molar-refractivity contribution in [3.63, 3.8) is 0 Å². The van der Waals surface area contributed by atoms with E-state index in [0.29, 0.717) is 10.6 Å². The van der Waals surface area contributed by atoms with Crippen molar-refractivity contribution in [3.05, 3.63) is 82.6 Å². The molecule has 3 rings (SSSR count). The summed E-state index contributed by atoms with van der Waals surface area (Å²) < 4.78 is 0. The van der Waals surface area contributed by atoms with Gasteiger partial charge >= 0.3 is 0 Å². The van der Waals surface area contributed by atoms with Gasteiger partial charge in [0.2, 0.25) is 5.96 Å². The largest absolute Gasteiger partial charge is 0.326 e. The smallest absolute Gasteiger partial charge is 0.257 e. The summed E-state index contributed by atoms with van der Waals surface area (Å²) in [5.74, 6) is 0.189. The highest BCUT2D eigenvalue weighted by molar-refractivity contribution is 6.30. The van der Waals surface area contributed by atoms with E-state index in [2.05, 4.69) is 25.6 Å². The Morgan fingerprint density at radius 3 is 2.22 bits per heavy atom. The third kappa shape index (κ3) is 5.36. The summed E-state index contributed by atoms with van der Waals surface area (Å²) in [5.41, 5.74) is 2.82. The second-order valence-electron chi connectivity index (χ2n) is 5.86. The van der Waals surface area contributed by atoms with Crippen LogP contribution in [0.4, 0.5) is 11.6 Å². The Morgan fingerprint density at radius 2 is 1.59 bits per heavy atom. The number of guanidine groups is 1. The van der Waals surface area contributed by atoms with E-state index in [-0.39, 0.29) is 17.8 Å². The predicted molar refractivity (Wildman–Crippen MR) is 108 cm³/mol. The summed E-state index contributed by atoms with van der Waals surface area (Å²) in [6.07, 6.45) is 0. The van der Waals surface area contributed by atoms with Gasteiger partial charge in [-0.3, -0.25) is 10.1 Å². The molecule has 27 heavy (non-hydrogen) atoms. The first kappa shape index (κ1) is 18.5. The van der Waals surface area contributed by atoms with Crippen molar-refractivity contribution >= 4 is 35.1 Å². The van der Waals surface area contributed by atoms with Crippen LogP contribution in [0.3, 0.4) is 0 Å². The molecule has 0 unspecified atom stereocenters. The van der Waals surface area contributed by atoms with Crippen molar-refractivity contribution < 1.29 is 4.79 Å². The fourth-order valence-corrected chi connectivity index (χ4v) is 2.51. The van der Waals surface area contributed by atoms with Crippen molar-refractivity contribution in [1.82, 2.24) is 15.3 Å². The van der Waals surface area contributed by atoms with E-state index in [1.807, 2.05) is 26.0 Å². The summed E-state index contributed by atoms with van der Waals surface area (Å²) >= 11 is 5.93. The fraction of sp³-hybridized carbons (Fsp3) is 0.100. The van der Waals surface area contributed by atoms with E-state index < -0.39 is 0 Å². The maximum absolute atomic E-state index is 12.5. The van der Waals surface area contributed by atoms with Crippen LogP contribution in [0.15, 0.2) is 65.7 Å². The molecule has 7 heteroatoms. The van der Waals surface area contributed by atoms with Gasteiger partial charge in [-0.25, -0.2) is 9.97 Å². The number of nitrogens with one attached hydrogen (secondary N) is 2. The van der Waals surface area contributed by atoms with Crippen LogP contribution in [0.5, 0.6) is 0 Å². The second-order valence-corrected chi connectivity index (χ2v) is 6.30. The average molecular weight is 380 g/mol. The molecule has 136 valence electrons. The average Bonchev–Trinajstić information content (AvgIpc) is 2.63. The van der Waals surface area contributed by atoms with E-state index in [4.69, 9.17) is 11.6 Å². The lowest BCUT2D eigenvalue weighted by Crippen LogP contribution is -2.35. The van der Waals surface area contributed by atoms with E-state index in [1.165, 1.54) is 0 Å². The number of anilines is 1. The number of hydrogen-bond acceptors (Lipinski definition) is 4. The molecule has 3 aromatic rings. The van der Waals surface area contributed by atoms with Gasteiger partial charge < -0.3 is 5.32 Å². The number of aromatic nitrogens is 2. The monoisotopic (exact) mass is 379 g/mol. The van der Waals surface area contributed by atoms with Gasteiger partial charge in [0.05, 0.1) is 0 Å². The lowest BCUT2D eigenvalue weighted by molar-refractivity contribution is 0.0977. The maximum atomic E-state index is 12.5. The molecule has 1 aromatic heterocycles. The Kier molecular flexibility index (Phi) is 5.78. The van der Waals surface area contributed by atoms with Crippen molar-refractivity contribution in [2.75, 3.05) is 5.32 Å². The molecule has 2 aromatic carbocycles. The minimum absolute atomic E-state index is 0.219. The highest BCUT2D eigenvalue weighted by Gasteiger charge is 2.10. The van der Waals surface area contributed by atoms with Gasteiger partial charge in [-0.2, -0.15) is 4.99 Å². The molecule has 0 aliphatic heterocycles. The molecule has 0 aliphatic carbocycles. The molecule has 2 N–H and O–H groups in total. The highest BCUT2D eigenvalue weighted by Crippen LogP contribution is 2.14. The number of carbonyl (C=O) groups is 1. The van der Waals surface area contributed by atoms with E-state index in [9.17, 15) is 4.79 Å². The number of rotatable bonds is 3. The van der Waals surface area contributed by atoms with Crippen LogP contribution in [0.1, 0.15) is 21.7 Å². The van der Waals surface area contributed by atoms with Crippen molar-refractivity contribution in [3.8, 4) is 0 Å². The molecule has 0 atom stereocenters. The molecule has 0 bridgehead atoms. The van der Waals surface area contributed by atoms with Gasteiger partial charge in [0.25, 0.3) is 11.9 Å². The predicted octanol–water partition coefficient (Wildman–Crippen LogP) is 4.28. The molecule has 0 aliphatic rings. The zero-order valence-corrected chi connectivity index (χ0v) is 15.7. The van der Waals surface area contributed by atoms with Crippen LogP contribution < -0.4 is 10.6 Å². The standard InChI is InChI=1S/C20H18ClN5O/c1-13-12-14(2)23-19(22-13)26-20(24-17-10-8-16(21)9-11-17)25-18(27)15-6-4-3-5-7-15/h3-12H,1-2H3,(H2,22,23,24,25,26,27). The number of hydrogen-bond donors (Lipinski definition) is 2. The summed E-state index contributed by atoms with van der Waals surface area (Å²) in [6.45, 7) is 3.73.